The molecule has 118 valence electrons. The van der Waals surface area contributed by atoms with Gasteiger partial charge < -0.3 is 4.90 Å². The summed E-state index contributed by atoms with van der Waals surface area (Å²) in [7, 11) is 0. The Labute approximate surface area is 134 Å². The first kappa shape index (κ1) is 13.3. The van der Waals surface area contributed by atoms with Crippen LogP contribution >= 0.6 is 0 Å². The maximum Gasteiger partial charge on any atom is 0.255 e. The third kappa shape index (κ3) is 1.50. The van der Waals surface area contributed by atoms with Crippen LogP contribution in [0.15, 0.2) is 18.2 Å². The van der Waals surface area contributed by atoms with Crippen molar-refractivity contribution in [3.05, 3.63) is 34.9 Å². The van der Waals surface area contributed by atoms with E-state index in [0.717, 1.165) is 31.2 Å². The highest BCUT2D eigenvalue weighted by Crippen LogP contribution is 2.59. The third-order valence-corrected chi connectivity index (χ3v) is 6.25. The third-order valence-electron chi connectivity index (χ3n) is 6.25. The molecule has 3 aliphatic carbocycles. The summed E-state index contributed by atoms with van der Waals surface area (Å²) in [6, 6.07) is 5.50. The molecule has 5 heteroatoms. The number of imide groups is 1. The number of nitrogens with one attached hydrogen (secondary N) is 1. The fourth-order valence-corrected chi connectivity index (χ4v) is 5.32. The Bertz CT molecular complexity index is 762. The first-order valence-electron chi connectivity index (χ1n) is 8.42. The second-order valence-corrected chi connectivity index (χ2v) is 7.22. The van der Waals surface area contributed by atoms with Crippen molar-refractivity contribution in [1.29, 1.82) is 0 Å². The minimum absolute atomic E-state index is 0.0288. The van der Waals surface area contributed by atoms with Crippen molar-refractivity contribution in [3.8, 4) is 0 Å². The summed E-state index contributed by atoms with van der Waals surface area (Å²) < 4.78 is 0. The standard InChI is InChI=1S/C18H18N2O3/c21-14-5-4-13(16(22)19-14)20-17(23)12-3-1-2-11-10-6-8-18(20,9-7-10)15(11)12/h1-3,10,13H,4-9H2,(H,19,21,22). The molecule has 23 heavy (non-hydrogen) atoms. The van der Waals surface area contributed by atoms with E-state index in [9.17, 15) is 14.4 Å². The monoisotopic (exact) mass is 310 g/mol. The van der Waals surface area contributed by atoms with Crippen LogP contribution in [0.1, 0.15) is 65.9 Å². The van der Waals surface area contributed by atoms with E-state index < -0.39 is 6.04 Å². The van der Waals surface area contributed by atoms with Crippen LogP contribution in [0, 0.1) is 0 Å². The number of carbonyl (C=O) groups excluding carboxylic acids is 3. The molecule has 1 saturated carbocycles. The Morgan fingerprint density at radius 2 is 1.87 bits per heavy atom. The molecule has 2 heterocycles. The summed E-state index contributed by atoms with van der Waals surface area (Å²) in [6.07, 6.45) is 4.77. The number of amides is 3. The molecule has 2 bridgehead atoms. The molecule has 5 nitrogen and oxygen atoms in total. The maximum absolute atomic E-state index is 13.1. The van der Waals surface area contributed by atoms with Crippen molar-refractivity contribution in [2.45, 2.75) is 56.0 Å². The number of piperidine rings is 1. The van der Waals surface area contributed by atoms with Gasteiger partial charge in [-0.1, -0.05) is 12.1 Å². The van der Waals surface area contributed by atoms with Crippen LogP contribution in [0.4, 0.5) is 0 Å². The van der Waals surface area contributed by atoms with Crippen molar-refractivity contribution in [1.82, 2.24) is 10.2 Å². The van der Waals surface area contributed by atoms with Gasteiger partial charge in [0.25, 0.3) is 5.91 Å². The Morgan fingerprint density at radius 3 is 2.61 bits per heavy atom. The topological polar surface area (TPSA) is 66.5 Å². The van der Waals surface area contributed by atoms with E-state index in [-0.39, 0.29) is 23.3 Å². The zero-order valence-electron chi connectivity index (χ0n) is 12.8. The number of carbonyl (C=O) groups is 3. The van der Waals surface area contributed by atoms with Crippen molar-refractivity contribution in [3.63, 3.8) is 0 Å². The quantitative estimate of drug-likeness (QED) is 0.805. The zero-order chi connectivity index (χ0) is 15.8. The second kappa shape index (κ2) is 4.22. The first-order valence-corrected chi connectivity index (χ1v) is 8.42. The molecule has 1 aromatic rings. The van der Waals surface area contributed by atoms with E-state index in [1.165, 1.54) is 11.1 Å². The molecule has 2 aliphatic heterocycles. The lowest BCUT2D eigenvalue weighted by molar-refractivity contribution is -0.139. The fourth-order valence-electron chi connectivity index (χ4n) is 5.32. The van der Waals surface area contributed by atoms with Crippen molar-refractivity contribution < 1.29 is 14.4 Å². The SMILES string of the molecule is O=C1CCC(N2C(=O)c3cccc4c3C23CCC4CC3)C(=O)N1. The summed E-state index contributed by atoms with van der Waals surface area (Å²) in [6.45, 7) is 0. The number of hydrogen-bond donors (Lipinski definition) is 1. The lowest BCUT2D eigenvalue weighted by Gasteiger charge is -2.52. The van der Waals surface area contributed by atoms with E-state index in [0.29, 0.717) is 18.8 Å². The molecular weight excluding hydrogens is 292 g/mol. The molecule has 0 radical (unpaired) electrons. The van der Waals surface area contributed by atoms with E-state index >= 15 is 0 Å². The number of fused-ring (bicyclic) bond motifs is 2. The van der Waals surface area contributed by atoms with Gasteiger partial charge in [-0.25, -0.2) is 0 Å². The highest BCUT2D eigenvalue weighted by atomic mass is 16.2. The van der Waals surface area contributed by atoms with Gasteiger partial charge in [-0.2, -0.15) is 0 Å². The average Bonchev–Trinajstić information content (AvgIpc) is 2.80. The Morgan fingerprint density at radius 1 is 1.09 bits per heavy atom. The van der Waals surface area contributed by atoms with Crippen LogP contribution in [-0.4, -0.2) is 28.7 Å². The molecule has 1 saturated heterocycles. The van der Waals surface area contributed by atoms with Crippen LogP contribution < -0.4 is 5.32 Å². The number of rotatable bonds is 1. The molecule has 5 aliphatic rings. The molecule has 1 N–H and O–H groups in total. The minimum atomic E-state index is -0.518. The lowest BCUT2D eigenvalue weighted by Crippen LogP contribution is -2.60. The highest BCUT2D eigenvalue weighted by Gasteiger charge is 2.59. The van der Waals surface area contributed by atoms with E-state index in [2.05, 4.69) is 11.4 Å². The van der Waals surface area contributed by atoms with Gasteiger partial charge in [0.05, 0.1) is 5.54 Å². The van der Waals surface area contributed by atoms with E-state index in [1.807, 2.05) is 17.0 Å². The van der Waals surface area contributed by atoms with Gasteiger partial charge in [0, 0.05) is 12.0 Å². The number of hydrogen-bond acceptors (Lipinski definition) is 3. The summed E-state index contributed by atoms with van der Waals surface area (Å²) in [5.41, 5.74) is 2.94. The van der Waals surface area contributed by atoms with Gasteiger partial charge in [-0.05, 0) is 55.2 Å². The maximum atomic E-state index is 13.1. The lowest BCUT2D eigenvalue weighted by atomic mass is 9.62. The zero-order valence-corrected chi connectivity index (χ0v) is 12.8. The highest BCUT2D eigenvalue weighted by molar-refractivity contribution is 6.06. The largest absolute Gasteiger partial charge is 0.317 e. The normalized spacial score (nSPS) is 34.6. The summed E-state index contributed by atoms with van der Waals surface area (Å²) >= 11 is 0. The minimum Gasteiger partial charge on any atom is -0.317 e. The molecule has 1 aromatic carbocycles. The van der Waals surface area contributed by atoms with Crippen LogP contribution in [0.5, 0.6) is 0 Å². The van der Waals surface area contributed by atoms with Crippen LogP contribution in [0.3, 0.4) is 0 Å². The van der Waals surface area contributed by atoms with E-state index in [1.54, 1.807) is 0 Å². The smallest absolute Gasteiger partial charge is 0.255 e. The van der Waals surface area contributed by atoms with Crippen molar-refractivity contribution in [2.24, 2.45) is 0 Å². The molecule has 0 aromatic heterocycles. The van der Waals surface area contributed by atoms with Crippen LogP contribution in [0.2, 0.25) is 0 Å². The Hall–Kier alpha value is -2.17. The van der Waals surface area contributed by atoms with Gasteiger partial charge >= 0.3 is 0 Å². The summed E-state index contributed by atoms with van der Waals surface area (Å²) in [5.74, 6) is -0.0211. The molecule has 1 unspecified atom stereocenters. The predicted octanol–water partition coefficient (Wildman–Crippen LogP) is 1.81. The molecule has 1 atom stereocenters. The first-order chi connectivity index (χ1) is 11.1. The van der Waals surface area contributed by atoms with Crippen LogP contribution in [-0.2, 0) is 15.1 Å². The predicted molar refractivity (Wildman–Crippen MR) is 81.7 cm³/mol. The van der Waals surface area contributed by atoms with Gasteiger partial charge in [-0.15, -0.1) is 0 Å². The number of nitrogens with zero attached hydrogens (tertiary/aromatic N) is 1. The molecule has 2 fully saturated rings. The Balaban J connectivity index is 1.67. The summed E-state index contributed by atoms with van der Waals surface area (Å²) in [4.78, 5) is 38.8. The van der Waals surface area contributed by atoms with Gasteiger partial charge in [0.15, 0.2) is 0 Å². The molecule has 3 amide bonds. The number of benzene rings is 1. The molecular formula is C18H18N2O3. The van der Waals surface area contributed by atoms with Crippen LogP contribution in [0.25, 0.3) is 0 Å². The van der Waals surface area contributed by atoms with Crippen molar-refractivity contribution in [2.75, 3.05) is 0 Å². The van der Waals surface area contributed by atoms with Gasteiger partial charge in [0.1, 0.15) is 6.04 Å². The Kier molecular flexibility index (Phi) is 2.44. The average molecular weight is 310 g/mol. The molecule has 1 spiro atoms. The fraction of sp³-hybridized carbons (Fsp3) is 0.500. The molecule has 6 rings (SSSR count). The van der Waals surface area contributed by atoms with Crippen molar-refractivity contribution >= 4 is 17.7 Å². The summed E-state index contributed by atoms with van der Waals surface area (Å²) in [5, 5.41) is 2.41. The van der Waals surface area contributed by atoms with E-state index in [4.69, 9.17) is 0 Å². The van der Waals surface area contributed by atoms with Gasteiger partial charge in [0.2, 0.25) is 11.8 Å². The van der Waals surface area contributed by atoms with Gasteiger partial charge in [-0.3, -0.25) is 19.7 Å². The second-order valence-electron chi connectivity index (χ2n) is 7.22.